The van der Waals surface area contributed by atoms with E-state index in [9.17, 15) is 9.18 Å². The molecule has 0 radical (unpaired) electrons. The maximum atomic E-state index is 13.1. The number of nitrogens with one attached hydrogen (secondary N) is 2. The van der Waals surface area contributed by atoms with Crippen molar-refractivity contribution in [2.45, 2.75) is 13.3 Å². The Bertz CT molecular complexity index is 591. The lowest BCUT2D eigenvalue weighted by Gasteiger charge is -2.34. The maximum Gasteiger partial charge on any atom is 0.219 e. The number of nitrogens with zero attached hydrogens (tertiary/aromatic N) is 3. The summed E-state index contributed by atoms with van der Waals surface area (Å²) in [6.07, 6.45) is 0.742. The molecule has 2 N–H and O–H groups in total. The fourth-order valence-corrected chi connectivity index (χ4v) is 2.86. The molecule has 146 valence electrons. The molecule has 1 aliphatic rings. The van der Waals surface area contributed by atoms with Gasteiger partial charge in [0.25, 0.3) is 0 Å². The van der Waals surface area contributed by atoms with Crippen LogP contribution in [0.2, 0.25) is 0 Å². The van der Waals surface area contributed by atoms with Gasteiger partial charge in [0, 0.05) is 59.8 Å². The molecule has 1 aliphatic heterocycles. The predicted octanol–water partition coefficient (Wildman–Crippen LogP) is 1.32. The van der Waals surface area contributed by atoms with Gasteiger partial charge in [0.1, 0.15) is 5.82 Å². The number of guanidine groups is 1. The highest BCUT2D eigenvalue weighted by Crippen LogP contribution is 2.03. The first-order valence-electron chi connectivity index (χ1n) is 8.75. The number of halogens is 2. The molecular weight excluding hydrogens is 448 g/mol. The summed E-state index contributed by atoms with van der Waals surface area (Å²) in [5.74, 6) is 0.698. The second-order valence-electron chi connectivity index (χ2n) is 6.15. The molecule has 0 spiro atoms. The number of carbonyl (C=O) groups is 1. The van der Waals surface area contributed by atoms with Gasteiger partial charge in [-0.1, -0.05) is 12.1 Å². The van der Waals surface area contributed by atoms with Gasteiger partial charge in [-0.3, -0.25) is 14.7 Å². The zero-order chi connectivity index (χ0) is 18.1. The van der Waals surface area contributed by atoms with E-state index < -0.39 is 0 Å². The van der Waals surface area contributed by atoms with E-state index in [0.717, 1.165) is 57.2 Å². The standard InChI is InChI=1S/C18H28FN5O.HI/c1-15(25)24-12-10-23(11-13-24)9-8-22-18(20-2)21-7-6-16-4-3-5-17(19)14-16;/h3-5,14H,6-13H2,1-2H3,(H2,20,21,22);1H. The van der Waals surface area contributed by atoms with Crippen molar-refractivity contribution in [1.29, 1.82) is 0 Å². The Labute approximate surface area is 172 Å². The average molecular weight is 477 g/mol. The van der Waals surface area contributed by atoms with Gasteiger partial charge in [-0.05, 0) is 24.1 Å². The van der Waals surface area contributed by atoms with Gasteiger partial charge in [0.15, 0.2) is 5.96 Å². The normalized spacial score (nSPS) is 15.3. The first-order chi connectivity index (χ1) is 12.1. The largest absolute Gasteiger partial charge is 0.356 e. The lowest BCUT2D eigenvalue weighted by molar-refractivity contribution is -0.130. The van der Waals surface area contributed by atoms with Crippen molar-refractivity contribution < 1.29 is 9.18 Å². The van der Waals surface area contributed by atoms with E-state index in [-0.39, 0.29) is 35.7 Å². The van der Waals surface area contributed by atoms with Gasteiger partial charge in [-0.2, -0.15) is 0 Å². The molecule has 2 rings (SSSR count). The quantitative estimate of drug-likeness (QED) is 0.369. The Morgan fingerprint density at radius 2 is 1.88 bits per heavy atom. The number of hydrogen-bond donors (Lipinski definition) is 2. The van der Waals surface area contributed by atoms with Crippen molar-refractivity contribution in [2.24, 2.45) is 4.99 Å². The van der Waals surface area contributed by atoms with Crippen LogP contribution < -0.4 is 10.6 Å². The average Bonchev–Trinajstić information content (AvgIpc) is 2.61. The zero-order valence-corrected chi connectivity index (χ0v) is 17.8. The molecule has 1 amide bonds. The Morgan fingerprint density at radius 3 is 2.50 bits per heavy atom. The molecule has 0 aliphatic carbocycles. The van der Waals surface area contributed by atoms with Crippen molar-refractivity contribution in [3.63, 3.8) is 0 Å². The molecule has 1 heterocycles. The molecule has 1 aromatic carbocycles. The minimum Gasteiger partial charge on any atom is -0.356 e. The van der Waals surface area contributed by atoms with E-state index in [2.05, 4.69) is 20.5 Å². The van der Waals surface area contributed by atoms with E-state index in [1.807, 2.05) is 11.0 Å². The Balaban J connectivity index is 0.00000338. The highest BCUT2D eigenvalue weighted by atomic mass is 127. The van der Waals surface area contributed by atoms with Crippen LogP contribution in [-0.2, 0) is 11.2 Å². The summed E-state index contributed by atoms with van der Waals surface area (Å²) in [6.45, 7) is 7.44. The van der Waals surface area contributed by atoms with Gasteiger partial charge in [-0.25, -0.2) is 4.39 Å². The fraction of sp³-hybridized carbons (Fsp3) is 0.556. The molecule has 8 heteroatoms. The molecular formula is C18H29FIN5O. The van der Waals surface area contributed by atoms with Crippen LogP contribution in [0.4, 0.5) is 4.39 Å². The SMILES string of the molecule is CN=C(NCCc1cccc(F)c1)NCCN1CCN(C(C)=O)CC1.I. The number of hydrogen-bond acceptors (Lipinski definition) is 3. The topological polar surface area (TPSA) is 60.0 Å². The number of benzene rings is 1. The molecule has 0 atom stereocenters. The molecule has 0 aromatic heterocycles. The summed E-state index contributed by atoms with van der Waals surface area (Å²) >= 11 is 0. The minimum absolute atomic E-state index is 0. The zero-order valence-electron chi connectivity index (χ0n) is 15.5. The molecule has 1 aromatic rings. The van der Waals surface area contributed by atoms with Gasteiger partial charge in [0.2, 0.25) is 5.91 Å². The van der Waals surface area contributed by atoms with E-state index >= 15 is 0 Å². The summed E-state index contributed by atoms with van der Waals surface area (Å²) < 4.78 is 13.1. The van der Waals surface area contributed by atoms with Crippen molar-refractivity contribution in [1.82, 2.24) is 20.4 Å². The lowest BCUT2D eigenvalue weighted by Crippen LogP contribution is -2.50. The van der Waals surface area contributed by atoms with E-state index in [1.165, 1.54) is 6.07 Å². The third-order valence-electron chi connectivity index (χ3n) is 4.36. The summed E-state index contributed by atoms with van der Waals surface area (Å²) in [5.41, 5.74) is 0.964. The van der Waals surface area contributed by atoms with Crippen LogP contribution in [0.5, 0.6) is 0 Å². The van der Waals surface area contributed by atoms with Crippen molar-refractivity contribution >= 4 is 35.8 Å². The van der Waals surface area contributed by atoms with Gasteiger partial charge >= 0.3 is 0 Å². The number of piperazine rings is 1. The van der Waals surface area contributed by atoms with Crippen molar-refractivity contribution in [3.8, 4) is 0 Å². The Kier molecular flexibility index (Phi) is 10.5. The smallest absolute Gasteiger partial charge is 0.219 e. The van der Waals surface area contributed by atoms with Crippen LogP contribution in [0, 0.1) is 5.82 Å². The molecule has 1 saturated heterocycles. The van der Waals surface area contributed by atoms with Gasteiger partial charge in [0.05, 0.1) is 0 Å². The second-order valence-corrected chi connectivity index (χ2v) is 6.15. The monoisotopic (exact) mass is 477 g/mol. The minimum atomic E-state index is -0.204. The van der Waals surface area contributed by atoms with Crippen LogP contribution in [0.1, 0.15) is 12.5 Å². The van der Waals surface area contributed by atoms with E-state index in [0.29, 0.717) is 6.54 Å². The summed E-state index contributed by atoms with van der Waals surface area (Å²) in [6, 6.07) is 6.65. The van der Waals surface area contributed by atoms with Crippen molar-refractivity contribution in [3.05, 3.63) is 35.6 Å². The number of carbonyl (C=O) groups excluding carboxylic acids is 1. The lowest BCUT2D eigenvalue weighted by atomic mass is 10.1. The molecule has 6 nitrogen and oxygen atoms in total. The molecule has 0 saturated carbocycles. The van der Waals surface area contributed by atoms with E-state index in [1.54, 1.807) is 26.1 Å². The Hall–Kier alpha value is -1.42. The summed E-state index contributed by atoms with van der Waals surface area (Å²) in [5, 5.41) is 6.53. The third-order valence-corrected chi connectivity index (χ3v) is 4.36. The number of aliphatic imine (C=N–C) groups is 1. The van der Waals surface area contributed by atoms with Crippen LogP contribution in [-0.4, -0.2) is 74.5 Å². The first-order valence-corrected chi connectivity index (χ1v) is 8.75. The van der Waals surface area contributed by atoms with Crippen LogP contribution >= 0.6 is 24.0 Å². The predicted molar refractivity (Wildman–Crippen MR) is 114 cm³/mol. The maximum absolute atomic E-state index is 13.1. The summed E-state index contributed by atoms with van der Waals surface area (Å²) in [7, 11) is 1.74. The van der Waals surface area contributed by atoms with Crippen LogP contribution in [0.3, 0.4) is 0 Å². The number of rotatable bonds is 6. The second kappa shape index (κ2) is 12.1. The molecule has 26 heavy (non-hydrogen) atoms. The molecule has 0 bridgehead atoms. The highest BCUT2D eigenvalue weighted by Gasteiger charge is 2.17. The third kappa shape index (κ3) is 7.86. The fourth-order valence-electron chi connectivity index (χ4n) is 2.86. The first kappa shape index (κ1) is 22.6. The van der Waals surface area contributed by atoms with Gasteiger partial charge < -0.3 is 15.5 Å². The van der Waals surface area contributed by atoms with Gasteiger partial charge in [-0.15, -0.1) is 24.0 Å². The van der Waals surface area contributed by atoms with E-state index in [4.69, 9.17) is 0 Å². The number of amides is 1. The Morgan fingerprint density at radius 1 is 1.19 bits per heavy atom. The van der Waals surface area contributed by atoms with Crippen LogP contribution in [0.15, 0.2) is 29.3 Å². The summed E-state index contributed by atoms with van der Waals surface area (Å²) in [4.78, 5) is 19.7. The van der Waals surface area contributed by atoms with Crippen LogP contribution in [0.25, 0.3) is 0 Å². The highest BCUT2D eigenvalue weighted by molar-refractivity contribution is 14.0. The molecule has 0 unspecified atom stereocenters. The molecule has 1 fully saturated rings. The van der Waals surface area contributed by atoms with Crippen molar-refractivity contribution in [2.75, 3.05) is 52.9 Å².